The maximum atomic E-state index is 12.1. The second-order valence-corrected chi connectivity index (χ2v) is 6.33. The molecule has 2 aromatic heterocycles. The summed E-state index contributed by atoms with van der Waals surface area (Å²) in [6, 6.07) is 6.96. The molecule has 10 heteroatoms. The van der Waals surface area contributed by atoms with Gasteiger partial charge in [-0.1, -0.05) is 0 Å². The smallest absolute Gasteiger partial charge is 0.329 e. The van der Waals surface area contributed by atoms with Crippen molar-refractivity contribution in [2.24, 2.45) is 7.05 Å². The quantitative estimate of drug-likeness (QED) is 0.561. The minimum absolute atomic E-state index is 0.0160. The molecule has 0 spiro atoms. The molecule has 0 saturated carbocycles. The molecule has 0 saturated heterocycles. The largest absolute Gasteiger partial charge is 0.497 e. The predicted molar refractivity (Wildman–Crippen MR) is 97.8 cm³/mol. The molecule has 2 N–H and O–H groups in total. The number of fused-ring (bicyclic) bond motifs is 1. The number of aryl methyl sites for hydroxylation is 1. The van der Waals surface area contributed by atoms with E-state index in [0.29, 0.717) is 16.2 Å². The molecule has 9 nitrogen and oxygen atoms in total. The summed E-state index contributed by atoms with van der Waals surface area (Å²) in [5.41, 5.74) is -0.691. The van der Waals surface area contributed by atoms with Crippen LogP contribution >= 0.6 is 15.9 Å². The van der Waals surface area contributed by atoms with Crippen molar-refractivity contribution in [3.8, 4) is 11.5 Å². The number of methoxy groups -OCH3 is 1. The molecule has 0 aliphatic carbocycles. The number of halogens is 1. The van der Waals surface area contributed by atoms with Crippen molar-refractivity contribution in [1.29, 1.82) is 0 Å². The van der Waals surface area contributed by atoms with Gasteiger partial charge in [0.15, 0.2) is 15.9 Å². The van der Waals surface area contributed by atoms with Crippen LogP contribution in [0.15, 0.2) is 38.6 Å². The van der Waals surface area contributed by atoms with Gasteiger partial charge in [-0.2, -0.15) is 0 Å². The molecule has 2 heterocycles. The molecule has 1 aromatic carbocycles. The van der Waals surface area contributed by atoms with Crippen LogP contribution < -0.4 is 20.7 Å². The summed E-state index contributed by atoms with van der Waals surface area (Å²) in [7, 11) is 3.08. The number of imidazole rings is 1. The normalized spacial score (nSPS) is 12.3. The molecule has 26 heavy (non-hydrogen) atoms. The fraction of sp³-hybridized carbons (Fsp3) is 0.312. The lowest BCUT2D eigenvalue weighted by molar-refractivity contribution is 0.0928. The van der Waals surface area contributed by atoms with Crippen molar-refractivity contribution in [1.82, 2.24) is 19.1 Å². The van der Waals surface area contributed by atoms with E-state index in [4.69, 9.17) is 9.47 Å². The van der Waals surface area contributed by atoms with E-state index in [2.05, 4.69) is 25.9 Å². The van der Waals surface area contributed by atoms with Crippen LogP contribution in [-0.4, -0.2) is 44.0 Å². The molecule has 3 aromatic rings. The van der Waals surface area contributed by atoms with Crippen molar-refractivity contribution in [2.45, 2.75) is 12.6 Å². The molecular formula is C16H17BrN4O5. The molecular weight excluding hydrogens is 408 g/mol. The molecule has 138 valence electrons. The van der Waals surface area contributed by atoms with Crippen LogP contribution in [0.5, 0.6) is 11.5 Å². The van der Waals surface area contributed by atoms with Crippen LogP contribution in [0, 0.1) is 0 Å². The van der Waals surface area contributed by atoms with Crippen molar-refractivity contribution < 1.29 is 14.6 Å². The van der Waals surface area contributed by atoms with Crippen LogP contribution in [0.3, 0.4) is 0 Å². The van der Waals surface area contributed by atoms with E-state index in [-0.39, 0.29) is 24.3 Å². The number of nitrogens with zero attached hydrogens (tertiary/aromatic N) is 3. The molecule has 0 bridgehead atoms. The van der Waals surface area contributed by atoms with Gasteiger partial charge >= 0.3 is 5.69 Å². The second-order valence-electron chi connectivity index (χ2n) is 5.62. The number of nitrogens with one attached hydrogen (secondary N) is 1. The molecule has 1 atom stereocenters. The number of aromatic nitrogens is 4. The van der Waals surface area contributed by atoms with Gasteiger partial charge in [-0.25, -0.2) is 9.78 Å². The van der Waals surface area contributed by atoms with E-state index >= 15 is 0 Å². The topological polar surface area (TPSA) is 111 Å². The first-order chi connectivity index (χ1) is 12.4. The zero-order valence-electron chi connectivity index (χ0n) is 14.1. The minimum atomic E-state index is -0.901. The zero-order valence-corrected chi connectivity index (χ0v) is 15.7. The zero-order chi connectivity index (χ0) is 18.8. The Kier molecular flexibility index (Phi) is 5.14. The third kappa shape index (κ3) is 3.51. The number of aliphatic hydroxyl groups is 1. The number of ether oxygens (including phenoxy) is 2. The molecule has 0 unspecified atom stereocenters. The Balaban J connectivity index is 1.78. The second kappa shape index (κ2) is 7.34. The summed E-state index contributed by atoms with van der Waals surface area (Å²) in [4.78, 5) is 30.2. The van der Waals surface area contributed by atoms with Gasteiger partial charge in [0.1, 0.15) is 24.2 Å². The summed E-state index contributed by atoms with van der Waals surface area (Å²) in [5.74, 6) is 1.29. The van der Waals surface area contributed by atoms with Crippen molar-refractivity contribution in [2.75, 3.05) is 13.7 Å². The maximum Gasteiger partial charge on any atom is 0.329 e. The first kappa shape index (κ1) is 18.2. The number of hydrogen-bond donors (Lipinski definition) is 2. The van der Waals surface area contributed by atoms with Gasteiger partial charge in [0, 0.05) is 7.05 Å². The van der Waals surface area contributed by atoms with E-state index in [1.165, 1.54) is 16.2 Å². The number of rotatable bonds is 6. The Morgan fingerprint density at radius 3 is 2.58 bits per heavy atom. The van der Waals surface area contributed by atoms with Gasteiger partial charge in [0.2, 0.25) is 0 Å². The molecule has 0 fully saturated rings. The Morgan fingerprint density at radius 1 is 1.27 bits per heavy atom. The monoisotopic (exact) mass is 424 g/mol. The average Bonchev–Trinajstić information content (AvgIpc) is 2.95. The third-order valence-corrected chi connectivity index (χ3v) is 4.46. The lowest BCUT2D eigenvalue weighted by Crippen LogP contribution is -2.30. The first-order valence-corrected chi connectivity index (χ1v) is 8.50. The van der Waals surface area contributed by atoms with Gasteiger partial charge in [0.05, 0.1) is 13.7 Å². The van der Waals surface area contributed by atoms with Crippen LogP contribution in [0.25, 0.3) is 11.2 Å². The summed E-state index contributed by atoms with van der Waals surface area (Å²) in [6.45, 7) is 0.0800. The Morgan fingerprint density at radius 2 is 1.92 bits per heavy atom. The summed E-state index contributed by atoms with van der Waals surface area (Å²) < 4.78 is 13.7. The van der Waals surface area contributed by atoms with E-state index in [9.17, 15) is 14.7 Å². The van der Waals surface area contributed by atoms with E-state index in [0.717, 1.165) is 0 Å². The van der Waals surface area contributed by atoms with E-state index in [1.807, 2.05) is 0 Å². The number of hydrogen-bond acceptors (Lipinski definition) is 6. The average molecular weight is 425 g/mol. The standard InChI is InChI=1S/C16H17BrN4O5/c1-20-13-12(14(23)19-16(20)24)21(15(17)18-13)7-9(22)8-26-11-5-3-10(25-2)4-6-11/h3-6,9,22H,7-8H2,1-2H3,(H,19,23,24)/t9-/m0/s1. The van der Waals surface area contributed by atoms with E-state index in [1.54, 1.807) is 31.4 Å². The fourth-order valence-corrected chi connectivity index (χ4v) is 2.99. The van der Waals surface area contributed by atoms with Gasteiger partial charge < -0.3 is 19.1 Å². The Bertz CT molecular complexity index is 1040. The van der Waals surface area contributed by atoms with Gasteiger partial charge in [-0.3, -0.25) is 14.3 Å². The molecule has 0 aliphatic heterocycles. The number of aliphatic hydroxyl groups excluding tert-OH is 1. The molecule has 0 amide bonds. The summed E-state index contributed by atoms with van der Waals surface area (Å²) in [5, 5.41) is 10.3. The Hall–Kier alpha value is -2.59. The van der Waals surface area contributed by atoms with Crippen LogP contribution in [0.1, 0.15) is 0 Å². The highest BCUT2D eigenvalue weighted by molar-refractivity contribution is 9.10. The number of aromatic amines is 1. The van der Waals surface area contributed by atoms with Crippen LogP contribution in [-0.2, 0) is 13.6 Å². The summed E-state index contributed by atoms with van der Waals surface area (Å²) in [6.07, 6.45) is -0.901. The van der Waals surface area contributed by atoms with Gasteiger partial charge in [-0.15, -0.1) is 0 Å². The number of H-pyrrole nitrogens is 1. The molecule has 0 radical (unpaired) electrons. The van der Waals surface area contributed by atoms with Crippen molar-refractivity contribution in [3.63, 3.8) is 0 Å². The van der Waals surface area contributed by atoms with Crippen molar-refractivity contribution in [3.05, 3.63) is 49.8 Å². The van der Waals surface area contributed by atoms with Crippen LogP contribution in [0.4, 0.5) is 0 Å². The highest BCUT2D eigenvalue weighted by atomic mass is 79.9. The highest BCUT2D eigenvalue weighted by Gasteiger charge is 2.18. The maximum absolute atomic E-state index is 12.1. The predicted octanol–water partition coefficient (Wildman–Crippen LogP) is 0.634. The van der Waals surface area contributed by atoms with Gasteiger partial charge in [-0.05, 0) is 40.2 Å². The molecule has 3 rings (SSSR count). The minimum Gasteiger partial charge on any atom is -0.497 e. The van der Waals surface area contributed by atoms with Crippen LogP contribution in [0.2, 0.25) is 0 Å². The van der Waals surface area contributed by atoms with Gasteiger partial charge in [0.25, 0.3) is 5.56 Å². The lowest BCUT2D eigenvalue weighted by atomic mass is 10.3. The van der Waals surface area contributed by atoms with Crippen molar-refractivity contribution >= 4 is 27.1 Å². The SMILES string of the molecule is COc1ccc(OC[C@@H](O)Cn2c(Br)nc3c2c(=O)[nH]c(=O)n3C)cc1. The lowest BCUT2D eigenvalue weighted by Gasteiger charge is -2.14. The first-order valence-electron chi connectivity index (χ1n) is 7.70. The van der Waals surface area contributed by atoms with E-state index < -0.39 is 17.4 Å². The Labute approximate surface area is 155 Å². The number of benzene rings is 1. The summed E-state index contributed by atoms with van der Waals surface area (Å²) >= 11 is 3.26. The highest BCUT2D eigenvalue weighted by Crippen LogP contribution is 2.19. The third-order valence-electron chi connectivity index (χ3n) is 3.86. The molecule has 0 aliphatic rings. The fourth-order valence-electron chi connectivity index (χ4n) is 2.50.